The maximum absolute atomic E-state index is 6.32. The van der Waals surface area contributed by atoms with Crippen molar-refractivity contribution in [2.24, 2.45) is 5.73 Å². The van der Waals surface area contributed by atoms with Crippen molar-refractivity contribution in [2.45, 2.75) is 52.0 Å². The summed E-state index contributed by atoms with van der Waals surface area (Å²) in [5.74, 6) is 0.911. The zero-order chi connectivity index (χ0) is 13.5. The Hall–Kier alpha value is -0.730. The Morgan fingerprint density at radius 2 is 2.00 bits per heavy atom. The highest BCUT2D eigenvalue weighted by Crippen LogP contribution is 2.29. The first kappa shape index (κ1) is 15.3. The Balaban J connectivity index is 2.95. The molecule has 2 nitrogen and oxygen atoms in total. The first-order valence-corrected chi connectivity index (χ1v) is 7.11. The van der Waals surface area contributed by atoms with Gasteiger partial charge >= 0.3 is 0 Å². The van der Waals surface area contributed by atoms with Crippen LogP contribution in [0.4, 0.5) is 0 Å². The predicted octanol–water partition coefficient (Wildman–Crippen LogP) is 3.97. The second-order valence-corrected chi connectivity index (χ2v) is 5.14. The molecule has 0 saturated carbocycles. The van der Waals surface area contributed by atoms with Crippen molar-refractivity contribution in [1.29, 1.82) is 0 Å². The minimum absolute atomic E-state index is 0.163. The second kappa shape index (κ2) is 7.65. The van der Waals surface area contributed by atoms with Gasteiger partial charge in [-0.1, -0.05) is 31.9 Å². The maximum Gasteiger partial charge on any atom is 0.122 e. The molecule has 0 spiro atoms. The third-order valence-electron chi connectivity index (χ3n) is 3.26. The van der Waals surface area contributed by atoms with Crippen molar-refractivity contribution in [3.05, 3.63) is 28.3 Å². The average molecular weight is 270 g/mol. The number of nitrogens with two attached hydrogens (primary N) is 1. The molecule has 0 amide bonds. The normalized spacial score (nSPS) is 12.5. The smallest absolute Gasteiger partial charge is 0.122 e. The van der Waals surface area contributed by atoms with Crippen molar-refractivity contribution in [2.75, 3.05) is 7.11 Å². The van der Waals surface area contributed by atoms with E-state index in [1.807, 2.05) is 6.07 Å². The van der Waals surface area contributed by atoms with E-state index in [9.17, 15) is 0 Å². The molecule has 0 unspecified atom stereocenters. The molecule has 3 heteroatoms. The maximum atomic E-state index is 6.32. The summed E-state index contributed by atoms with van der Waals surface area (Å²) in [6, 6.07) is 4.24. The van der Waals surface area contributed by atoms with Crippen LogP contribution in [0.3, 0.4) is 0 Å². The van der Waals surface area contributed by atoms with Gasteiger partial charge in [-0.05, 0) is 48.9 Å². The number of unbranched alkanes of at least 4 members (excludes halogenated alkanes) is 1. The van der Waals surface area contributed by atoms with Crippen LogP contribution in [0.15, 0.2) is 12.1 Å². The van der Waals surface area contributed by atoms with E-state index in [0.29, 0.717) is 0 Å². The van der Waals surface area contributed by atoms with E-state index in [-0.39, 0.29) is 6.04 Å². The summed E-state index contributed by atoms with van der Waals surface area (Å²) in [5.41, 5.74) is 8.28. The summed E-state index contributed by atoms with van der Waals surface area (Å²) in [7, 11) is 1.70. The molecule has 0 saturated heterocycles. The first-order valence-electron chi connectivity index (χ1n) is 6.73. The monoisotopic (exact) mass is 269 g/mol. The molecule has 1 rings (SSSR count). The SMILES string of the molecule is CCCCc1cc(OC)c(C[C@@H](N)CC)cc1Cl. The lowest BCUT2D eigenvalue weighted by Crippen LogP contribution is -2.21. The molecule has 2 N–H and O–H groups in total. The van der Waals surface area contributed by atoms with Gasteiger partial charge in [0.1, 0.15) is 5.75 Å². The molecule has 18 heavy (non-hydrogen) atoms. The van der Waals surface area contributed by atoms with Crippen LogP contribution in [0.25, 0.3) is 0 Å². The summed E-state index contributed by atoms with van der Waals surface area (Å²) in [6.45, 7) is 4.27. The van der Waals surface area contributed by atoms with Gasteiger partial charge in [-0.3, -0.25) is 0 Å². The third kappa shape index (κ3) is 4.18. The number of rotatable bonds is 7. The number of benzene rings is 1. The van der Waals surface area contributed by atoms with Gasteiger partial charge in [0.05, 0.1) is 7.11 Å². The van der Waals surface area contributed by atoms with Gasteiger partial charge in [-0.2, -0.15) is 0 Å². The number of ether oxygens (including phenoxy) is 1. The highest BCUT2D eigenvalue weighted by molar-refractivity contribution is 6.31. The third-order valence-corrected chi connectivity index (χ3v) is 3.61. The van der Waals surface area contributed by atoms with E-state index in [2.05, 4.69) is 19.9 Å². The number of halogens is 1. The lowest BCUT2D eigenvalue weighted by molar-refractivity contribution is 0.407. The number of aryl methyl sites for hydroxylation is 1. The van der Waals surface area contributed by atoms with Crippen LogP contribution in [-0.4, -0.2) is 13.2 Å². The van der Waals surface area contributed by atoms with Crippen LogP contribution in [0.1, 0.15) is 44.2 Å². The van der Waals surface area contributed by atoms with E-state index in [1.54, 1.807) is 7.11 Å². The minimum atomic E-state index is 0.163. The van der Waals surface area contributed by atoms with Crippen LogP contribution < -0.4 is 10.5 Å². The number of hydrogen-bond donors (Lipinski definition) is 1. The fourth-order valence-electron chi connectivity index (χ4n) is 1.97. The number of methoxy groups -OCH3 is 1. The van der Waals surface area contributed by atoms with E-state index >= 15 is 0 Å². The lowest BCUT2D eigenvalue weighted by atomic mass is 10.00. The molecule has 0 aliphatic heterocycles. The van der Waals surface area contributed by atoms with Crippen molar-refractivity contribution in [3.63, 3.8) is 0 Å². The zero-order valence-corrected chi connectivity index (χ0v) is 12.4. The fraction of sp³-hybridized carbons (Fsp3) is 0.600. The Morgan fingerprint density at radius 1 is 1.28 bits per heavy atom. The van der Waals surface area contributed by atoms with Crippen molar-refractivity contribution >= 4 is 11.6 Å². The summed E-state index contributed by atoms with van der Waals surface area (Å²) in [6.07, 6.45) is 5.09. The van der Waals surface area contributed by atoms with E-state index in [1.165, 1.54) is 12.0 Å². The molecule has 0 aliphatic carbocycles. The average Bonchev–Trinajstić information content (AvgIpc) is 2.37. The molecular formula is C15H24ClNO. The molecule has 1 aromatic carbocycles. The molecule has 0 radical (unpaired) electrons. The zero-order valence-electron chi connectivity index (χ0n) is 11.6. The fourth-order valence-corrected chi connectivity index (χ4v) is 2.25. The van der Waals surface area contributed by atoms with Crippen LogP contribution in [0.2, 0.25) is 5.02 Å². The van der Waals surface area contributed by atoms with Crippen LogP contribution in [-0.2, 0) is 12.8 Å². The first-order chi connectivity index (χ1) is 8.62. The Bertz CT molecular complexity index is 379. The van der Waals surface area contributed by atoms with Gasteiger partial charge in [0.25, 0.3) is 0 Å². The van der Waals surface area contributed by atoms with Gasteiger partial charge in [0.2, 0.25) is 0 Å². The highest BCUT2D eigenvalue weighted by Gasteiger charge is 2.11. The van der Waals surface area contributed by atoms with Crippen LogP contribution in [0.5, 0.6) is 5.75 Å². The molecule has 1 atom stereocenters. The quantitative estimate of drug-likeness (QED) is 0.813. The summed E-state index contributed by atoms with van der Waals surface area (Å²) >= 11 is 6.32. The van der Waals surface area contributed by atoms with Gasteiger partial charge in [-0.15, -0.1) is 0 Å². The van der Waals surface area contributed by atoms with E-state index < -0.39 is 0 Å². The van der Waals surface area contributed by atoms with Crippen molar-refractivity contribution < 1.29 is 4.74 Å². The predicted molar refractivity (Wildman–Crippen MR) is 78.6 cm³/mol. The largest absolute Gasteiger partial charge is 0.496 e. The standard InChI is InChI=1S/C15H24ClNO/c1-4-6-7-11-10-15(18-3)12(9-14(11)16)8-13(17)5-2/h9-10,13H,4-8,17H2,1-3H3/t13-/m0/s1. The molecule has 0 aliphatic rings. The Morgan fingerprint density at radius 3 is 2.56 bits per heavy atom. The van der Waals surface area contributed by atoms with Gasteiger partial charge in [0, 0.05) is 11.1 Å². The Labute approximate surface area is 115 Å². The minimum Gasteiger partial charge on any atom is -0.496 e. The van der Waals surface area contributed by atoms with Gasteiger partial charge in [0.15, 0.2) is 0 Å². The van der Waals surface area contributed by atoms with Crippen molar-refractivity contribution in [1.82, 2.24) is 0 Å². The molecule has 1 aromatic rings. The summed E-state index contributed by atoms with van der Waals surface area (Å²) < 4.78 is 5.45. The molecule has 0 fully saturated rings. The molecular weight excluding hydrogens is 246 g/mol. The van der Waals surface area contributed by atoms with Crippen LogP contribution >= 0.6 is 11.6 Å². The van der Waals surface area contributed by atoms with Gasteiger partial charge < -0.3 is 10.5 Å². The highest BCUT2D eigenvalue weighted by atomic mass is 35.5. The summed E-state index contributed by atoms with van der Waals surface area (Å²) in [4.78, 5) is 0. The number of hydrogen-bond acceptors (Lipinski definition) is 2. The molecule has 0 heterocycles. The van der Waals surface area contributed by atoms with Crippen LogP contribution in [0, 0.1) is 0 Å². The van der Waals surface area contributed by atoms with E-state index in [0.717, 1.165) is 42.0 Å². The summed E-state index contributed by atoms with van der Waals surface area (Å²) in [5, 5.41) is 0.836. The Kier molecular flexibility index (Phi) is 6.51. The van der Waals surface area contributed by atoms with Gasteiger partial charge in [-0.25, -0.2) is 0 Å². The molecule has 102 valence electrons. The molecule has 0 aromatic heterocycles. The lowest BCUT2D eigenvalue weighted by Gasteiger charge is -2.15. The topological polar surface area (TPSA) is 35.2 Å². The second-order valence-electron chi connectivity index (χ2n) is 4.73. The molecule has 0 bridgehead atoms. The van der Waals surface area contributed by atoms with E-state index in [4.69, 9.17) is 22.1 Å². The van der Waals surface area contributed by atoms with Crippen molar-refractivity contribution in [3.8, 4) is 5.75 Å².